The molecule has 0 N–H and O–H groups in total. The van der Waals surface area contributed by atoms with Crippen molar-refractivity contribution in [3.05, 3.63) is 18.0 Å². The van der Waals surface area contributed by atoms with Gasteiger partial charge in [-0.25, -0.2) is 8.78 Å². The number of hydrogen-bond donors (Lipinski definition) is 0. The third-order valence-electron chi connectivity index (χ3n) is 1.67. The molecule has 73 valence electrons. The molecule has 0 spiro atoms. The summed E-state index contributed by atoms with van der Waals surface area (Å²) in [5.74, 6) is 0.446. The van der Waals surface area contributed by atoms with Gasteiger partial charge in [0.25, 0.3) is 6.43 Å². The molecule has 0 aromatic carbocycles. The number of hydrogen-bond acceptors (Lipinski definition) is 1. The Bertz CT molecular complexity index is 231. The minimum Gasteiger partial charge on any atom is -0.263 e. The highest BCUT2D eigenvalue weighted by atomic mass is 19.3. The quantitative estimate of drug-likeness (QED) is 0.706. The summed E-state index contributed by atoms with van der Waals surface area (Å²) in [5, 5.41) is 3.72. The van der Waals surface area contributed by atoms with Crippen molar-refractivity contribution in [3.8, 4) is 0 Å². The van der Waals surface area contributed by atoms with E-state index in [1.165, 1.54) is 4.68 Å². The van der Waals surface area contributed by atoms with E-state index in [0.29, 0.717) is 5.92 Å². The van der Waals surface area contributed by atoms with E-state index in [9.17, 15) is 8.78 Å². The van der Waals surface area contributed by atoms with E-state index in [2.05, 4.69) is 11.3 Å². The predicted molar refractivity (Wildman–Crippen MR) is 45.6 cm³/mol. The molecule has 0 amide bonds. The van der Waals surface area contributed by atoms with E-state index in [1.54, 1.807) is 6.07 Å². The van der Waals surface area contributed by atoms with Crippen LogP contribution in [0.5, 0.6) is 0 Å². The number of halogens is 2. The van der Waals surface area contributed by atoms with Gasteiger partial charge < -0.3 is 0 Å². The van der Waals surface area contributed by atoms with Crippen molar-refractivity contribution in [3.63, 3.8) is 0 Å². The van der Waals surface area contributed by atoms with Crippen molar-refractivity contribution in [2.45, 2.75) is 33.2 Å². The third kappa shape index (κ3) is 3.13. The SMILES string of the molecule is CC(C)Cc1c[c]nn1CC(F)F. The number of aromatic nitrogens is 2. The Morgan fingerprint density at radius 1 is 1.54 bits per heavy atom. The first-order chi connectivity index (χ1) is 6.09. The Balaban J connectivity index is 2.65. The zero-order valence-electron chi connectivity index (χ0n) is 7.80. The van der Waals surface area contributed by atoms with Crippen molar-refractivity contribution in [1.82, 2.24) is 9.78 Å². The summed E-state index contributed by atoms with van der Waals surface area (Å²) >= 11 is 0. The summed E-state index contributed by atoms with van der Waals surface area (Å²) < 4.78 is 25.4. The molecule has 2 nitrogen and oxygen atoms in total. The molecule has 1 aromatic rings. The monoisotopic (exact) mass is 187 g/mol. The standard InChI is InChI=1S/C9H13F2N2/c1-7(2)5-8-3-4-12-13(8)6-9(10)11/h3,7,9H,5-6H2,1-2H3. The predicted octanol–water partition coefficient (Wildman–Crippen LogP) is 2.15. The van der Waals surface area contributed by atoms with Crippen molar-refractivity contribution >= 4 is 0 Å². The lowest BCUT2D eigenvalue weighted by Gasteiger charge is -2.08. The van der Waals surface area contributed by atoms with E-state index >= 15 is 0 Å². The Kier molecular flexibility index (Phi) is 3.39. The summed E-state index contributed by atoms with van der Waals surface area (Å²) in [6.45, 7) is 3.75. The zero-order valence-corrected chi connectivity index (χ0v) is 7.80. The van der Waals surface area contributed by atoms with Gasteiger partial charge in [-0.15, -0.1) is 0 Å². The molecule has 1 aromatic heterocycles. The topological polar surface area (TPSA) is 17.8 Å². The maximum atomic E-state index is 12.0. The van der Waals surface area contributed by atoms with Gasteiger partial charge >= 0.3 is 0 Å². The number of nitrogens with zero attached hydrogens (tertiary/aromatic N) is 2. The van der Waals surface area contributed by atoms with Gasteiger partial charge in [0, 0.05) is 5.69 Å². The van der Waals surface area contributed by atoms with E-state index < -0.39 is 6.43 Å². The second-order valence-electron chi connectivity index (χ2n) is 3.44. The molecular weight excluding hydrogens is 174 g/mol. The first kappa shape index (κ1) is 10.2. The van der Waals surface area contributed by atoms with E-state index in [4.69, 9.17) is 0 Å². The normalized spacial score (nSPS) is 11.5. The summed E-state index contributed by atoms with van der Waals surface area (Å²) in [6.07, 6.45) is 1.01. The van der Waals surface area contributed by atoms with Gasteiger partial charge in [0.2, 0.25) is 0 Å². The largest absolute Gasteiger partial charge is 0.263 e. The van der Waals surface area contributed by atoms with Gasteiger partial charge in [-0.05, 0) is 18.4 Å². The maximum Gasteiger partial charge on any atom is 0.257 e. The average Bonchev–Trinajstić information content (AvgIpc) is 2.34. The van der Waals surface area contributed by atoms with Crippen LogP contribution in [0.25, 0.3) is 0 Å². The second-order valence-corrected chi connectivity index (χ2v) is 3.44. The van der Waals surface area contributed by atoms with Gasteiger partial charge in [-0.2, -0.15) is 5.10 Å². The Hall–Kier alpha value is -0.930. The lowest BCUT2D eigenvalue weighted by Crippen LogP contribution is -2.12. The minimum atomic E-state index is -2.35. The Morgan fingerprint density at radius 3 is 2.77 bits per heavy atom. The fraction of sp³-hybridized carbons (Fsp3) is 0.667. The maximum absolute atomic E-state index is 12.0. The van der Waals surface area contributed by atoms with Crippen LogP contribution < -0.4 is 0 Å². The molecule has 4 heteroatoms. The molecule has 13 heavy (non-hydrogen) atoms. The van der Waals surface area contributed by atoms with Crippen LogP contribution in [0.15, 0.2) is 6.07 Å². The minimum absolute atomic E-state index is 0.328. The van der Waals surface area contributed by atoms with Crippen LogP contribution in [0, 0.1) is 12.1 Å². The van der Waals surface area contributed by atoms with Crippen LogP contribution >= 0.6 is 0 Å². The Labute approximate surface area is 76.6 Å². The average molecular weight is 187 g/mol. The van der Waals surface area contributed by atoms with Crippen LogP contribution in [-0.4, -0.2) is 16.2 Å². The molecule has 0 unspecified atom stereocenters. The van der Waals surface area contributed by atoms with Crippen molar-refractivity contribution < 1.29 is 8.78 Å². The number of rotatable bonds is 4. The molecule has 0 atom stereocenters. The van der Waals surface area contributed by atoms with Crippen molar-refractivity contribution in [2.24, 2.45) is 5.92 Å². The summed E-state index contributed by atoms with van der Waals surface area (Å²) in [4.78, 5) is 0. The van der Waals surface area contributed by atoms with E-state index in [0.717, 1.165) is 12.1 Å². The highest BCUT2D eigenvalue weighted by Gasteiger charge is 2.09. The van der Waals surface area contributed by atoms with Crippen LogP contribution in [0.2, 0.25) is 0 Å². The van der Waals surface area contributed by atoms with E-state index in [-0.39, 0.29) is 6.54 Å². The first-order valence-electron chi connectivity index (χ1n) is 4.30. The molecule has 1 radical (unpaired) electrons. The second kappa shape index (κ2) is 4.35. The molecular formula is C9H13F2N2. The molecule has 0 saturated heterocycles. The van der Waals surface area contributed by atoms with Gasteiger partial charge in [0.15, 0.2) is 0 Å². The first-order valence-corrected chi connectivity index (χ1v) is 4.30. The van der Waals surface area contributed by atoms with Gasteiger partial charge in [0.05, 0.1) is 0 Å². The van der Waals surface area contributed by atoms with Crippen molar-refractivity contribution in [1.29, 1.82) is 0 Å². The van der Waals surface area contributed by atoms with Crippen LogP contribution in [0.4, 0.5) is 8.78 Å². The van der Waals surface area contributed by atoms with Crippen LogP contribution in [0.3, 0.4) is 0 Å². The molecule has 1 rings (SSSR count). The summed E-state index contributed by atoms with van der Waals surface area (Å²) in [7, 11) is 0. The van der Waals surface area contributed by atoms with Gasteiger partial charge in [0.1, 0.15) is 12.7 Å². The lowest BCUT2D eigenvalue weighted by atomic mass is 10.1. The molecule has 0 bridgehead atoms. The smallest absolute Gasteiger partial charge is 0.257 e. The molecule has 0 saturated carbocycles. The fourth-order valence-corrected chi connectivity index (χ4v) is 1.18. The third-order valence-corrected chi connectivity index (χ3v) is 1.67. The van der Waals surface area contributed by atoms with E-state index in [1.807, 2.05) is 13.8 Å². The molecule has 0 aliphatic carbocycles. The summed E-state index contributed by atoms with van der Waals surface area (Å²) in [6, 6.07) is 1.67. The lowest BCUT2D eigenvalue weighted by molar-refractivity contribution is 0.120. The zero-order chi connectivity index (χ0) is 9.84. The fourth-order valence-electron chi connectivity index (χ4n) is 1.18. The van der Waals surface area contributed by atoms with Crippen LogP contribution in [0.1, 0.15) is 19.5 Å². The molecule has 0 aliphatic rings. The molecule has 1 heterocycles. The number of alkyl halides is 2. The van der Waals surface area contributed by atoms with Gasteiger partial charge in [-0.3, -0.25) is 4.68 Å². The molecule has 0 fully saturated rings. The molecule has 0 aliphatic heterocycles. The van der Waals surface area contributed by atoms with Gasteiger partial charge in [-0.1, -0.05) is 13.8 Å². The van der Waals surface area contributed by atoms with Crippen LogP contribution in [-0.2, 0) is 13.0 Å². The Morgan fingerprint density at radius 2 is 2.23 bits per heavy atom. The highest BCUT2D eigenvalue weighted by molar-refractivity contribution is 5.00. The summed E-state index contributed by atoms with van der Waals surface area (Å²) in [5.41, 5.74) is 0.829. The highest BCUT2D eigenvalue weighted by Crippen LogP contribution is 2.08. The van der Waals surface area contributed by atoms with Crippen molar-refractivity contribution in [2.75, 3.05) is 0 Å².